The largest absolute Gasteiger partial charge is 0.488 e. The second-order valence-corrected chi connectivity index (χ2v) is 4.49. The number of aromatic nitrogens is 1. The van der Waals surface area contributed by atoms with Crippen molar-refractivity contribution in [2.24, 2.45) is 0 Å². The Labute approximate surface area is 114 Å². The number of hydrogen-bond acceptors (Lipinski definition) is 3. The van der Waals surface area contributed by atoms with Crippen molar-refractivity contribution in [1.29, 1.82) is 0 Å². The Morgan fingerprint density at radius 1 is 1.21 bits per heavy atom. The van der Waals surface area contributed by atoms with Crippen molar-refractivity contribution in [2.75, 3.05) is 6.54 Å². The van der Waals surface area contributed by atoms with Crippen LogP contribution in [0.15, 0.2) is 42.7 Å². The standard InChI is InChI=1S/C16H20N2O/c1-3-17-11-15-8-4-6-13(2)16(15)19-12-14-7-5-9-18-10-14/h4-10,17H,3,11-12H2,1-2H3. The first kappa shape index (κ1) is 13.6. The van der Waals surface area contributed by atoms with Crippen molar-refractivity contribution >= 4 is 0 Å². The van der Waals surface area contributed by atoms with E-state index < -0.39 is 0 Å². The maximum atomic E-state index is 5.97. The Bertz CT molecular complexity index is 511. The highest BCUT2D eigenvalue weighted by atomic mass is 16.5. The van der Waals surface area contributed by atoms with Gasteiger partial charge in [0.05, 0.1) is 0 Å². The summed E-state index contributed by atoms with van der Waals surface area (Å²) in [6.07, 6.45) is 3.61. The number of hydrogen-bond donors (Lipinski definition) is 1. The fourth-order valence-corrected chi connectivity index (χ4v) is 1.96. The van der Waals surface area contributed by atoms with Crippen LogP contribution in [0.2, 0.25) is 0 Å². The number of pyridine rings is 1. The monoisotopic (exact) mass is 256 g/mol. The van der Waals surface area contributed by atoms with Crippen LogP contribution in [-0.2, 0) is 13.2 Å². The third-order valence-electron chi connectivity index (χ3n) is 2.96. The fourth-order valence-electron chi connectivity index (χ4n) is 1.96. The SMILES string of the molecule is CCNCc1cccc(C)c1OCc1cccnc1. The molecule has 0 aliphatic rings. The molecule has 0 amide bonds. The summed E-state index contributed by atoms with van der Waals surface area (Å²) in [4.78, 5) is 4.10. The van der Waals surface area contributed by atoms with E-state index in [1.807, 2.05) is 18.3 Å². The summed E-state index contributed by atoms with van der Waals surface area (Å²) in [5.74, 6) is 0.979. The molecule has 1 aromatic heterocycles. The lowest BCUT2D eigenvalue weighted by Gasteiger charge is -2.14. The van der Waals surface area contributed by atoms with Gasteiger partial charge >= 0.3 is 0 Å². The quantitative estimate of drug-likeness (QED) is 0.862. The van der Waals surface area contributed by atoms with E-state index >= 15 is 0 Å². The van der Waals surface area contributed by atoms with Gasteiger partial charge in [0, 0.05) is 30.1 Å². The fraction of sp³-hybridized carbons (Fsp3) is 0.312. The van der Waals surface area contributed by atoms with Crippen molar-refractivity contribution in [2.45, 2.75) is 27.0 Å². The zero-order chi connectivity index (χ0) is 13.5. The molecule has 0 unspecified atom stereocenters. The second-order valence-electron chi connectivity index (χ2n) is 4.49. The van der Waals surface area contributed by atoms with Gasteiger partial charge in [-0.3, -0.25) is 4.98 Å². The smallest absolute Gasteiger partial charge is 0.127 e. The lowest BCUT2D eigenvalue weighted by Crippen LogP contribution is -2.13. The molecule has 0 spiro atoms. The van der Waals surface area contributed by atoms with Crippen LogP contribution in [0.4, 0.5) is 0 Å². The topological polar surface area (TPSA) is 34.1 Å². The van der Waals surface area contributed by atoms with Gasteiger partial charge in [-0.25, -0.2) is 0 Å². The van der Waals surface area contributed by atoms with Gasteiger partial charge in [0.15, 0.2) is 0 Å². The van der Waals surface area contributed by atoms with Crippen molar-refractivity contribution in [3.05, 3.63) is 59.4 Å². The highest BCUT2D eigenvalue weighted by Gasteiger charge is 2.06. The zero-order valence-electron chi connectivity index (χ0n) is 11.5. The molecule has 3 heteroatoms. The number of rotatable bonds is 6. The summed E-state index contributed by atoms with van der Waals surface area (Å²) in [5.41, 5.74) is 3.45. The summed E-state index contributed by atoms with van der Waals surface area (Å²) in [6.45, 7) is 6.52. The van der Waals surface area contributed by atoms with Crippen LogP contribution < -0.4 is 10.1 Å². The predicted molar refractivity (Wildman–Crippen MR) is 77.1 cm³/mol. The van der Waals surface area contributed by atoms with Gasteiger partial charge in [0.1, 0.15) is 12.4 Å². The van der Waals surface area contributed by atoms with Gasteiger partial charge in [0.25, 0.3) is 0 Å². The Morgan fingerprint density at radius 3 is 2.84 bits per heavy atom. The van der Waals surface area contributed by atoms with Crippen LogP contribution in [0.1, 0.15) is 23.6 Å². The maximum absolute atomic E-state index is 5.97. The van der Waals surface area contributed by atoms with Gasteiger partial charge in [-0.05, 0) is 25.1 Å². The molecule has 0 saturated heterocycles. The van der Waals surface area contributed by atoms with Crippen LogP contribution >= 0.6 is 0 Å². The lowest BCUT2D eigenvalue weighted by molar-refractivity contribution is 0.299. The summed E-state index contributed by atoms with van der Waals surface area (Å²) in [6, 6.07) is 10.2. The number of nitrogens with one attached hydrogen (secondary N) is 1. The molecule has 0 aliphatic heterocycles. The van der Waals surface area contributed by atoms with Gasteiger partial charge in [-0.15, -0.1) is 0 Å². The Morgan fingerprint density at radius 2 is 2.11 bits per heavy atom. The number of benzene rings is 1. The maximum Gasteiger partial charge on any atom is 0.127 e. The van der Waals surface area contributed by atoms with Crippen molar-refractivity contribution in [3.63, 3.8) is 0 Å². The van der Waals surface area contributed by atoms with E-state index in [-0.39, 0.29) is 0 Å². The van der Waals surface area contributed by atoms with Crippen molar-refractivity contribution < 1.29 is 4.74 Å². The van der Waals surface area contributed by atoms with Gasteiger partial charge in [0.2, 0.25) is 0 Å². The van der Waals surface area contributed by atoms with Crippen LogP contribution in [0.3, 0.4) is 0 Å². The van der Waals surface area contributed by atoms with E-state index in [1.165, 1.54) is 11.1 Å². The Balaban J connectivity index is 2.10. The number of nitrogens with zero attached hydrogens (tertiary/aromatic N) is 1. The van der Waals surface area contributed by atoms with E-state index in [1.54, 1.807) is 6.20 Å². The van der Waals surface area contributed by atoms with Gasteiger partial charge in [-0.1, -0.05) is 31.2 Å². The molecule has 3 nitrogen and oxygen atoms in total. The molecule has 0 fully saturated rings. The zero-order valence-corrected chi connectivity index (χ0v) is 11.5. The van der Waals surface area contributed by atoms with Gasteiger partial charge < -0.3 is 10.1 Å². The minimum atomic E-state index is 0.553. The van der Waals surface area contributed by atoms with Crippen molar-refractivity contribution in [3.8, 4) is 5.75 Å². The first-order valence-electron chi connectivity index (χ1n) is 6.62. The highest BCUT2D eigenvalue weighted by molar-refractivity contribution is 5.40. The molecule has 2 rings (SSSR count). The average Bonchev–Trinajstić information content (AvgIpc) is 2.45. The van der Waals surface area contributed by atoms with E-state index in [2.05, 4.69) is 42.3 Å². The molecule has 2 aromatic rings. The summed E-state index contributed by atoms with van der Waals surface area (Å²) in [5, 5.41) is 3.34. The number of ether oxygens (including phenoxy) is 1. The van der Waals surface area contributed by atoms with Gasteiger partial charge in [-0.2, -0.15) is 0 Å². The lowest BCUT2D eigenvalue weighted by atomic mass is 10.1. The Hall–Kier alpha value is -1.87. The minimum absolute atomic E-state index is 0.553. The van der Waals surface area contributed by atoms with Crippen LogP contribution in [-0.4, -0.2) is 11.5 Å². The van der Waals surface area contributed by atoms with E-state index in [0.717, 1.165) is 24.4 Å². The van der Waals surface area contributed by atoms with Crippen molar-refractivity contribution in [1.82, 2.24) is 10.3 Å². The van der Waals surface area contributed by atoms with Crippen LogP contribution in [0.5, 0.6) is 5.75 Å². The van der Waals surface area contributed by atoms with E-state index in [9.17, 15) is 0 Å². The van der Waals surface area contributed by atoms with Crippen LogP contribution in [0, 0.1) is 6.92 Å². The summed E-state index contributed by atoms with van der Waals surface area (Å²) in [7, 11) is 0. The van der Waals surface area contributed by atoms with Crippen LogP contribution in [0.25, 0.3) is 0 Å². The average molecular weight is 256 g/mol. The molecule has 1 aromatic carbocycles. The predicted octanol–water partition coefficient (Wildman–Crippen LogP) is 3.08. The highest BCUT2D eigenvalue weighted by Crippen LogP contribution is 2.24. The molecule has 1 heterocycles. The first-order valence-corrected chi connectivity index (χ1v) is 6.62. The second kappa shape index (κ2) is 6.90. The summed E-state index contributed by atoms with van der Waals surface area (Å²) >= 11 is 0. The molecule has 0 radical (unpaired) electrons. The molecule has 0 bridgehead atoms. The third-order valence-corrected chi connectivity index (χ3v) is 2.96. The molecule has 100 valence electrons. The molecule has 0 saturated carbocycles. The molecule has 19 heavy (non-hydrogen) atoms. The molecule has 1 N–H and O–H groups in total. The van der Waals surface area contributed by atoms with E-state index in [4.69, 9.17) is 4.74 Å². The summed E-state index contributed by atoms with van der Waals surface area (Å²) < 4.78 is 5.97. The number of aryl methyl sites for hydroxylation is 1. The number of para-hydroxylation sites is 1. The molecule has 0 aliphatic carbocycles. The normalized spacial score (nSPS) is 10.4. The van der Waals surface area contributed by atoms with E-state index in [0.29, 0.717) is 6.61 Å². The molecular weight excluding hydrogens is 236 g/mol. The third kappa shape index (κ3) is 3.80. The first-order chi connectivity index (χ1) is 9.31. The molecule has 0 atom stereocenters. The molecular formula is C16H20N2O. The minimum Gasteiger partial charge on any atom is -0.488 e. The Kier molecular flexibility index (Phi) is 4.93.